The molecule has 0 saturated heterocycles. The van der Waals surface area contributed by atoms with E-state index in [1.54, 1.807) is 0 Å². The zero-order valence-corrected chi connectivity index (χ0v) is 11.6. The lowest BCUT2D eigenvalue weighted by Crippen LogP contribution is -2.40. The Bertz CT molecular complexity index is 620. The van der Waals surface area contributed by atoms with Crippen LogP contribution in [0.3, 0.4) is 0 Å². The van der Waals surface area contributed by atoms with Crippen LogP contribution in [0.15, 0.2) is 12.1 Å². The maximum Gasteiger partial charge on any atom is 0.340 e. The van der Waals surface area contributed by atoms with Crippen LogP contribution in [-0.4, -0.2) is 30.2 Å². The number of hydrogen-bond acceptors (Lipinski definition) is 4. The van der Waals surface area contributed by atoms with E-state index in [0.29, 0.717) is 31.4 Å². The van der Waals surface area contributed by atoms with Crippen molar-refractivity contribution >= 4 is 17.6 Å². The molecule has 1 aliphatic heterocycles. The van der Waals surface area contributed by atoms with E-state index in [2.05, 4.69) is 10.1 Å². The predicted molar refractivity (Wildman–Crippen MR) is 72.5 cm³/mol. The lowest BCUT2D eigenvalue weighted by Gasteiger charge is -2.34. The number of carbonyl (C=O) groups excluding carboxylic acids is 2. The van der Waals surface area contributed by atoms with E-state index in [0.717, 1.165) is 0 Å². The van der Waals surface area contributed by atoms with Gasteiger partial charge in [-0.15, -0.1) is 0 Å². The van der Waals surface area contributed by atoms with E-state index >= 15 is 0 Å². The third-order valence-corrected chi connectivity index (χ3v) is 4.52. The van der Waals surface area contributed by atoms with Gasteiger partial charge in [-0.05, 0) is 37.8 Å². The number of ether oxygens (including phenoxy) is 1. The Balaban J connectivity index is 2.13. The number of benzene rings is 1. The van der Waals surface area contributed by atoms with Crippen molar-refractivity contribution in [1.82, 2.24) is 0 Å². The summed E-state index contributed by atoms with van der Waals surface area (Å²) in [7, 11) is 1.19. The first-order chi connectivity index (χ1) is 9.99. The molecule has 1 amide bonds. The number of aliphatic hydroxyl groups excluding tert-OH is 1. The second kappa shape index (κ2) is 4.80. The third-order valence-electron chi connectivity index (χ3n) is 4.52. The van der Waals surface area contributed by atoms with Crippen LogP contribution in [0.25, 0.3) is 0 Å². The normalized spacial score (nSPS) is 27.4. The molecule has 21 heavy (non-hydrogen) atoms. The second-order valence-corrected chi connectivity index (χ2v) is 5.61. The van der Waals surface area contributed by atoms with Crippen molar-refractivity contribution < 1.29 is 23.8 Å². The highest BCUT2D eigenvalue weighted by molar-refractivity contribution is 6.07. The zero-order valence-electron chi connectivity index (χ0n) is 11.6. The van der Waals surface area contributed by atoms with Crippen LogP contribution in [0.2, 0.25) is 0 Å². The van der Waals surface area contributed by atoms with Gasteiger partial charge in [-0.2, -0.15) is 0 Å². The van der Waals surface area contributed by atoms with Gasteiger partial charge >= 0.3 is 5.97 Å². The molecule has 0 bridgehead atoms. The van der Waals surface area contributed by atoms with Crippen molar-refractivity contribution in [3.63, 3.8) is 0 Å². The summed E-state index contributed by atoms with van der Waals surface area (Å²) < 4.78 is 19.3. The minimum absolute atomic E-state index is 0.168. The molecule has 112 valence electrons. The number of anilines is 1. The average Bonchev–Trinajstić information content (AvgIpc) is 2.75. The highest BCUT2D eigenvalue weighted by atomic mass is 19.1. The Labute approximate surface area is 121 Å². The molecular weight excluding hydrogens is 277 g/mol. The van der Waals surface area contributed by atoms with Crippen LogP contribution >= 0.6 is 0 Å². The van der Waals surface area contributed by atoms with Gasteiger partial charge in [0.15, 0.2) is 0 Å². The Morgan fingerprint density at radius 2 is 2.10 bits per heavy atom. The summed E-state index contributed by atoms with van der Waals surface area (Å²) >= 11 is 0. The summed E-state index contributed by atoms with van der Waals surface area (Å²) in [6, 6.07) is 2.85. The molecule has 0 radical (unpaired) electrons. The molecule has 3 rings (SSSR count). The summed E-state index contributed by atoms with van der Waals surface area (Å²) in [6.45, 7) is 0. The number of hydrogen-bond donors (Lipinski definition) is 2. The molecular formula is C15H16FNO4. The molecule has 1 heterocycles. The van der Waals surface area contributed by atoms with Gasteiger partial charge in [0, 0.05) is 11.3 Å². The van der Waals surface area contributed by atoms with Crippen molar-refractivity contribution in [3.05, 3.63) is 29.1 Å². The summed E-state index contributed by atoms with van der Waals surface area (Å²) in [6.07, 6.45) is 1.16. The van der Waals surface area contributed by atoms with Crippen LogP contribution in [0.5, 0.6) is 0 Å². The summed E-state index contributed by atoms with van der Waals surface area (Å²) in [5.74, 6) is -1.72. The van der Waals surface area contributed by atoms with Crippen molar-refractivity contribution in [2.24, 2.45) is 0 Å². The highest BCUT2D eigenvalue weighted by Crippen LogP contribution is 2.49. The maximum absolute atomic E-state index is 14.8. The molecule has 1 saturated carbocycles. The molecule has 1 aromatic carbocycles. The van der Waals surface area contributed by atoms with E-state index < -0.39 is 23.3 Å². The first kappa shape index (κ1) is 14.0. The average molecular weight is 293 g/mol. The van der Waals surface area contributed by atoms with Crippen LogP contribution in [0.1, 0.15) is 41.6 Å². The minimum atomic E-state index is -0.983. The number of carbonyl (C=O) groups is 2. The molecule has 0 atom stereocenters. The maximum atomic E-state index is 14.8. The number of rotatable bonds is 1. The molecule has 0 unspecified atom stereocenters. The Hall–Kier alpha value is -1.95. The highest BCUT2D eigenvalue weighted by Gasteiger charge is 2.50. The van der Waals surface area contributed by atoms with Gasteiger partial charge in [0.05, 0.1) is 24.2 Å². The molecule has 1 aliphatic carbocycles. The van der Waals surface area contributed by atoms with Crippen LogP contribution in [0.4, 0.5) is 10.1 Å². The Kier molecular flexibility index (Phi) is 3.20. The van der Waals surface area contributed by atoms with Crippen LogP contribution in [-0.2, 0) is 14.9 Å². The number of esters is 1. The van der Waals surface area contributed by atoms with E-state index in [1.807, 2.05) is 0 Å². The first-order valence-corrected chi connectivity index (χ1v) is 6.90. The van der Waals surface area contributed by atoms with Gasteiger partial charge in [0.2, 0.25) is 5.91 Å². The third kappa shape index (κ3) is 1.93. The summed E-state index contributed by atoms with van der Waals surface area (Å²) in [4.78, 5) is 24.0. The van der Waals surface area contributed by atoms with Crippen LogP contribution in [0, 0.1) is 5.82 Å². The second-order valence-electron chi connectivity index (χ2n) is 5.61. The van der Waals surface area contributed by atoms with E-state index in [1.165, 1.54) is 19.2 Å². The van der Waals surface area contributed by atoms with Gasteiger partial charge in [-0.1, -0.05) is 0 Å². The molecule has 1 aromatic rings. The lowest BCUT2D eigenvalue weighted by molar-refractivity contribution is -0.122. The number of nitrogens with one attached hydrogen (secondary N) is 1. The largest absolute Gasteiger partial charge is 0.465 e. The Morgan fingerprint density at radius 3 is 2.71 bits per heavy atom. The smallest absolute Gasteiger partial charge is 0.340 e. The fourth-order valence-electron chi connectivity index (χ4n) is 3.34. The standard InChI is InChI=1S/C15H16FNO4/c1-21-13(19)9-2-3-10-11(12(9)16)15(14(20)17-10)6-4-8(18)5-7-15/h2-3,8,18H,4-7H2,1H3,(H,17,20). The quantitative estimate of drug-likeness (QED) is 0.773. The minimum Gasteiger partial charge on any atom is -0.465 e. The summed E-state index contributed by atoms with van der Waals surface area (Å²) in [5.41, 5.74) is -0.509. The topological polar surface area (TPSA) is 75.6 Å². The molecule has 2 N–H and O–H groups in total. The van der Waals surface area contributed by atoms with Crippen molar-refractivity contribution in [2.75, 3.05) is 12.4 Å². The van der Waals surface area contributed by atoms with Crippen molar-refractivity contribution in [1.29, 1.82) is 0 Å². The first-order valence-electron chi connectivity index (χ1n) is 6.90. The van der Waals surface area contributed by atoms with E-state index in [4.69, 9.17) is 0 Å². The van der Waals surface area contributed by atoms with Crippen molar-refractivity contribution in [3.8, 4) is 0 Å². The van der Waals surface area contributed by atoms with Gasteiger partial charge in [0.25, 0.3) is 0 Å². The van der Waals surface area contributed by atoms with Gasteiger partial charge in [-0.3, -0.25) is 4.79 Å². The van der Waals surface area contributed by atoms with Gasteiger partial charge in [0.1, 0.15) is 5.82 Å². The fraction of sp³-hybridized carbons (Fsp3) is 0.467. The lowest BCUT2D eigenvalue weighted by atomic mass is 9.69. The zero-order chi connectivity index (χ0) is 15.2. The number of amides is 1. The number of aliphatic hydroxyl groups is 1. The molecule has 5 nitrogen and oxygen atoms in total. The molecule has 0 aromatic heterocycles. The molecule has 6 heteroatoms. The molecule has 1 fully saturated rings. The van der Waals surface area contributed by atoms with Crippen molar-refractivity contribution in [2.45, 2.75) is 37.2 Å². The Morgan fingerprint density at radius 1 is 1.43 bits per heavy atom. The number of halogens is 1. The number of fused-ring (bicyclic) bond motifs is 2. The summed E-state index contributed by atoms with van der Waals surface area (Å²) in [5, 5.41) is 12.3. The predicted octanol–water partition coefficient (Wildman–Crippen LogP) is 1.74. The van der Waals surface area contributed by atoms with Crippen LogP contribution < -0.4 is 5.32 Å². The molecule has 2 aliphatic rings. The van der Waals surface area contributed by atoms with E-state index in [-0.39, 0.29) is 17.0 Å². The SMILES string of the molecule is COC(=O)c1ccc2c(c1F)C1(CCC(O)CC1)C(=O)N2. The molecule has 1 spiro atoms. The van der Waals surface area contributed by atoms with Gasteiger partial charge < -0.3 is 15.2 Å². The van der Waals surface area contributed by atoms with Gasteiger partial charge in [-0.25, -0.2) is 9.18 Å². The number of methoxy groups -OCH3 is 1. The fourth-order valence-corrected chi connectivity index (χ4v) is 3.34. The monoisotopic (exact) mass is 293 g/mol. The van der Waals surface area contributed by atoms with E-state index in [9.17, 15) is 19.1 Å².